The minimum absolute atomic E-state index is 0.0211. The SMILES string of the molecule is CN(CCC(=O)Nc1ccc(N)cc1)Cc1cccs1. The van der Waals surface area contributed by atoms with Crippen LogP contribution in [0.1, 0.15) is 11.3 Å². The van der Waals surface area contributed by atoms with E-state index in [1.807, 2.05) is 25.2 Å². The van der Waals surface area contributed by atoms with Gasteiger partial charge in [0.2, 0.25) is 5.91 Å². The zero-order valence-electron chi connectivity index (χ0n) is 11.5. The third-order valence-corrected chi connectivity index (χ3v) is 3.78. The molecular formula is C15H19N3OS. The van der Waals surface area contributed by atoms with Crippen molar-refractivity contribution < 1.29 is 4.79 Å². The van der Waals surface area contributed by atoms with Crippen LogP contribution < -0.4 is 11.1 Å². The Morgan fingerprint density at radius 2 is 2.05 bits per heavy atom. The maximum atomic E-state index is 11.8. The highest BCUT2D eigenvalue weighted by Gasteiger charge is 2.06. The van der Waals surface area contributed by atoms with Gasteiger partial charge in [-0.05, 0) is 42.8 Å². The lowest BCUT2D eigenvalue weighted by molar-refractivity contribution is -0.116. The van der Waals surface area contributed by atoms with Gasteiger partial charge in [-0.25, -0.2) is 0 Å². The minimum Gasteiger partial charge on any atom is -0.399 e. The summed E-state index contributed by atoms with van der Waals surface area (Å²) in [5, 5.41) is 4.93. The molecule has 20 heavy (non-hydrogen) atoms. The monoisotopic (exact) mass is 289 g/mol. The van der Waals surface area contributed by atoms with Crippen LogP contribution in [0.5, 0.6) is 0 Å². The molecule has 0 aliphatic rings. The zero-order valence-corrected chi connectivity index (χ0v) is 12.3. The van der Waals surface area contributed by atoms with Gasteiger partial charge in [0.1, 0.15) is 0 Å². The molecule has 0 saturated carbocycles. The molecular weight excluding hydrogens is 270 g/mol. The number of nitrogens with zero attached hydrogens (tertiary/aromatic N) is 1. The molecule has 2 rings (SSSR count). The summed E-state index contributed by atoms with van der Waals surface area (Å²) in [7, 11) is 2.02. The fourth-order valence-electron chi connectivity index (χ4n) is 1.83. The van der Waals surface area contributed by atoms with E-state index in [1.165, 1.54) is 4.88 Å². The lowest BCUT2D eigenvalue weighted by Crippen LogP contribution is -2.23. The first kappa shape index (κ1) is 14.6. The van der Waals surface area contributed by atoms with Crippen LogP contribution in [0.4, 0.5) is 11.4 Å². The number of nitrogen functional groups attached to an aromatic ring is 1. The Morgan fingerprint density at radius 3 is 2.70 bits per heavy atom. The smallest absolute Gasteiger partial charge is 0.225 e. The van der Waals surface area contributed by atoms with Crippen LogP contribution in [-0.2, 0) is 11.3 Å². The summed E-state index contributed by atoms with van der Waals surface area (Å²) in [6.45, 7) is 1.62. The average Bonchev–Trinajstić information content (AvgIpc) is 2.92. The second kappa shape index (κ2) is 7.07. The Kier molecular flexibility index (Phi) is 5.15. The second-order valence-electron chi connectivity index (χ2n) is 4.74. The number of carbonyl (C=O) groups excluding carboxylic acids is 1. The number of carbonyl (C=O) groups is 1. The Balaban J connectivity index is 1.73. The zero-order chi connectivity index (χ0) is 14.4. The van der Waals surface area contributed by atoms with Gasteiger partial charge >= 0.3 is 0 Å². The van der Waals surface area contributed by atoms with Gasteiger partial charge in [0.25, 0.3) is 0 Å². The first-order valence-electron chi connectivity index (χ1n) is 6.50. The van der Waals surface area contributed by atoms with E-state index in [9.17, 15) is 4.79 Å². The number of amides is 1. The average molecular weight is 289 g/mol. The Labute approximate surface area is 123 Å². The van der Waals surface area contributed by atoms with Crippen LogP contribution in [0.2, 0.25) is 0 Å². The van der Waals surface area contributed by atoms with Crippen molar-refractivity contribution in [2.45, 2.75) is 13.0 Å². The number of nitrogens with one attached hydrogen (secondary N) is 1. The lowest BCUT2D eigenvalue weighted by atomic mass is 10.2. The summed E-state index contributed by atoms with van der Waals surface area (Å²) in [6, 6.07) is 11.3. The van der Waals surface area contributed by atoms with Crippen molar-refractivity contribution in [3.05, 3.63) is 46.7 Å². The van der Waals surface area contributed by atoms with Gasteiger partial charge < -0.3 is 16.0 Å². The Morgan fingerprint density at radius 1 is 1.30 bits per heavy atom. The molecule has 0 radical (unpaired) electrons. The van der Waals surface area contributed by atoms with E-state index >= 15 is 0 Å². The third kappa shape index (κ3) is 4.68. The van der Waals surface area contributed by atoms with E-state index < -0.39 is 0 Å². The third-order valence-electron chi connectivity index (χ3n) is 2.92. The molecule has 0 aliphatic carbocycles. The van der Waals surface area contributed by atoms with Crippen molar-refractivity contribution in [1.82, 2.24) is 4.90 Å². The number of rotatable bonds is 6. The summed E-state index contributed by atoms with van der Waals surface area (Å²) in [4.78, 5) is 15.3. The fourth-order valence-corrected chi connectivity index (χ4v) is 2.61. The van der Waals surface area contributed by atoms with Crippen LogP contribution in [-0.4, -0.2) is 24.4 Å². The van der Waals surface area contributed by atoms with Gasteiger partial charge in [-0.3, -0.25) is 4.79 Å². The van der Waals surface area contributed by atoms with Crippen LogP contribution in [0, 0.1) is 0 Å². The van der Waals surface area contributed by atoms with Gasteiger partial charge in [-0.15, -0.1) is 11.3 Å². The molecule has 0 saturated heterocycles. The summed E-state index contributed by atoms with van der Waals surface area (Å²) in [5.41, 5.74) is 7.08. The van der Waals surface area contributed by atoms with Gasteiger partial charge in [0.05, 0.1) is 0 Å². The molecule has 0 bridgehead atoms. The highest BCUT2D eigenvalue weighted by molar-refractivity contribution is 7.09. The quantitative estimate of drug-likeness (QED) is 0.804. The maximum absolute atomic E-state index is 11.8. The maximum Gasteiger partial charge on any atom is 0.225 e. The van der Waals surface area contributed by atoms with Crippen molar-refractivity contribution in [1.29, 1.82) is 0 Å². The van der Waals surface area contributed by atoms with E-state index in [1.54, 1.807) is 23.5 Å². The lowest BCUT2D eigenvalue weighted by Gasteiger charge is -2.15. The van der Waals surface area contributed by atoms with E-state index in [-0.39, 0.29) is 5.91 Å². The predicted octanol–water partition coefficient (Wildman–Crippen LogP) is 2.79. The molecule has 0 fully saturated rings. The standard InChI is InChI=1S/C15H19N3OS/c1-18(11-14-3-2-10-20-14)9-8-15(19)17-13-6-4-12(16)5-7-13/h2-7,10H,8-9,11,16H2,1H3,(H,17,19). The Hall–Kier alpha value is -1.85. The van der Waals surface area contributed by atoms with Crippen molar-refractivity contribution in [2.75, 3.05) is 24.6 Å². The number of hydrogen-bond donors (Lipinski definition) is 2. The van der Waals surface area contributed by atoms with E-state index in [4.69, 9.17) is 5.73 Å². The molecule has 1 aromatic carbocycles. The van der Waals surface area contributed by atoms with Crippen molar-refractivity contribution >= 4 is 28.6 Å². The normalized spacial score (nSPS) is 10.7. The van der Waals surface area contributed by atoms with Crippen molar-refractivity contribution in [3.8, 4) is 0 Å². The van der Waals surface area contributed by atoms with Gasteiger partial charge in [0, 0.05) is 35.8 Å². The molecule has 5 heteroatoms. The Bertz CT molecular complexity index is 537. The van der Waals surface area contributed by atoms with Crippen molar-refractivity contribution in [3.63, 3.8) is 0 Å². The highest BCUT2D eigenvalue weighted by Crippen LogP contribution is 2.12. The molecule has 1 aromatic heterocycles. The number of anilines is 2. The first-order chi connectivity index (χ1) is 9.63. The highest BCUT2D eigenvalue weighted by atomic mass is 32.1. The number of nitrogens with two attached hydrogens (primary N) is 1. The minimum atomic E-state index is 0.0211. The first-order valence-corrected chi connectivity index (χ1v) is 7.38. The number of hydrogen-bond acceptors (Lipinski definition) is 4. The van der Waals surface area contributed by atoms with Crippen molar-refractivity contribution in [2.24, 2.45) is 0 Å². The fraction of sp³-hybridized carbons (Fsp3) is 0.267. The van der Waals surface area contributed by atoms with Crippen LogP contribution in [0.3, 0.4) is 0 Å². The van der Waals surface area contributed by atoms with E-state index in [0.29, 0.717) is 12.1 Å². The summed E-state index contributed by atoms with van der Waals surface area (Å²) in [5.74, 6) is 0.0211. The molecule has 1 heterocycles. The topological polar surface area (TPSA) is 58.4 Å². The molecule has 1 amide bonds. The molecule has 0 atom stereocenters. The van der Waals surface area contributed by atoms with Gasteiger partial charge in [-0.2, -0.15) is 0 Å². The number of benzene rings is 1. The van der Waals surface area contributed by atoms with E-state index in [2.05, 4.69) is 21.7 Å². The molecule has 2 aromatic rings. The molecule has 0 unspecified atom stereocenters. The largest absolute Gasteiger partial charge is 0.399 e. The van der Waals surface area contributed by atoms with Crippen LogP contribution in [0.15, 0.2) is 41.8 Å². The second-order valence-corrected chi connectivity index (χ2v) is 5.77. The van der Waals surface area contributed by atoms with E-state index in [0.717, 1.165) is 18.8 Å². The van der Waals surface area contributed by atoms with Gasteiger partial charge in [-0.1, -0.05) is 6.07 Å². The van der Waals surface area contributed by atoms with Crippen LogP contribution in [0.25, 0.3) is 0 Å². The summed E-state index contributed by atoms with van der Waals surface area (Å²) in [6.07, 6.45) is 0.478. The molecule has 0 aliphatic heterocycles. The van der Waals surface area contributed by atoms with Crippen LogP contribution >= 0.6 is 11.3 Å². The molecule has 3 N–H and O–H groups in total. The molecule has 106 valence electrons. The summed E-state index contributed by atoms with van der Waals surface area (Å²) < 4.78 is 0. The molecule has 0 spiro atoms. The predicted molar refractivity (Wildman–Crippen MR) is 84.8 cm³/mol. The number of thiophene rings is 1. The molecule has 4 nitrogen and oxygen atoms in total. The van der Waals surface area contributed by atoms with Gasteiger partial charge in [0.15, 0.2) is 0 Å². The summed E-state index contributed by atoms with van der Waals surface area (Å²) >= 11 is 1.74.